The molecule has 7 nitrogen and oxygen atoms in total. The number of benzene rings is 3. The minimum atomic E-state index is -0.651. The summed E-state index contributed by atoms with van der Waals surface area (Å²) in [4.78, 5) is 38.5. The maximum Gasteiger partial charge on any atom is 0.329 e. The summed E-state index contributed by atoms with van der Waals surface area (Å²) < 4.78 is 7.35. The fourth-order valence-corrected chi connectivity index (χ4v) is 5.16. The first-order valence-corrected chi connectivity index (χ1v) is 12.7. The molecule has 0 saturated carbocycles. The summed E-state index contributed by atoms with van der Waals surface area (Å²) in [5.41, 5.74) is 4.52. The van der Waals surface area contributed by atoms with Crippen molar-refractivity contribution in [2.45, 2.75) is 20.5 Å². The van der Waals surface area contributed by atoms with Crippen molar-refractivity contribution in [1.82, 2.24) is 10.2 Å². The molecule has 0 radical (unpaired) electrons. The highest BCUT2D eigenvalue weighted by molar-refractivity contribution is 9.11. The highest BCUT2D eigenvalue weighted by Gasteiger charge is 2.35. The number of halogens is 2. The normalized spacial score (nSPS) is 14.2. The largest absolute Gasteiger partial charge is 0.487 e. The van der Waals surface area contributed by atoms with Gasteiger partial charge in [-0.05, 0) is 92.7 Å². The van der Waals surface area contributed by atoms with Gasteiger partial charge in [0.15, 0.2) is 0 Å². The number of hydrogen-bond acceptors (Lipinski definition) is 4. The molecule has 36 heavy (non-hydrogen) atoms. The smallest absolute Gasteiger partial charge is 0.329 e. The third-order valence-electron chi connectivity index (χ3n) is 5.36. The number of rotatable bonds is 7. The summed E-state index contributed by atoms with van der Waals surface area (Å²) in [6.07, 6.45) is 1.55. The lowest BCUT2D eigenvalue weighted by Crippen LogP contribution is -2.38. The van der Waals surface area contributed by atoms with Crippen LogP contribution in [0.5, 0.6) is 5.75 Å². The van der Waals surface area contributed by atoms with E-state index in [4.69, 9.17) is 4.74 Å². The molecule has 9 heteroatoms. The van der Waals surface area contributed by atoms with Gasteiger partial charge in [-0.25, -0.2) is 9.69 Å². The third-order valence-corrected chi connectivity index (χ3v) is 6.54. The highest BCUT2D eigenvalue weighted by Crippen LogP contribution is 2.36. The monoisotopic (exact) mass is 611 g/mol. The Labute approximate surface area is 225 Å². The van der Waals surface area contributed by atoms with Crippen LogP contribution in [-0.2, 0) is 16.2 Å². The van der Waals surface area contributed by atoms with Gasteiger partial charge in [-0.1, -0.05) is 42.0 Å². The molecule has 1 saturated heterocycles. The fraction of sp³-hybridized carbons (Fsp3) is 0.148. The van der Waals surface area contributed by atoms with Crippen molar-refractivity contribution in [3.63, 3.8) is 0 Å². The highest BCUT2D eigenvalue weighted by atomic mass is 79.9. The van der Waals surface area contributed by atoms with Gasteiger partial charge in [-0.3, -0.25) is 9.59 Å². The van der Waals surface area contributed by atoms with Crippen molar-refractivity contribution in [3.05, 3.63) is 97.6 Å². The quantitative estimate of drug-likeness (QED) is 0.255. The summed E-state index contributed by atoms with van der Waals surface area (Å²) in [5.74, 6) is -0.424. The van der Waals surface area contributed by atoms with Crippen molar-refractivity contribution in [1.29, 1.82) is 0 Å². The van der Waals surface area contributed by atoms with Gasteiger partial charge in [-0.15, -0.1) is 0 Å². The van der Waals surface area contributed by atoms with Crippen LogP contribution in [0.15, 0.2) is 75.3 Å². The summed E-state index contributed by atoms with van der Waals surface area (Å²) >= 11 is 7.05. The Kier molecular flexibility index (Phi) is 7.91. The van der Waals surface area contributed by atoms with Gasteiger partial charge in [0, 0.05) is 5.69 Å². The van der Waals surface area contributed by atoms with Crippen LogP contribution in [0.4, 0.5) is 10.5 Å². The van der Waals surface area contributed by atoms with Crippen LogP contribution >= 0.6 is 31.9 Å². The van der Waals surface area contributed by atoms with Gasteiger partial charge in [0.2, 0.25) is 5.91 Å². The van der Waals surface area contributed by atoms with E-state index in [0.29, 0.717) is 32.6 Å². The Morgan fingerprint density at radius 3 is 2.33 bits per heavy atom. The Hall–Kier alpha value is -3.43. The summed E-state index contributed by atoms with van der Waals surface area (Å²) in [6, 6.07) is 18.3. The number of anilines is 1. The second kappa shape index (κ2) is 11.1. The number of carbonyl (C=O) groups is 3. The molecule has 184 valence electrons. The van der Waals surface area contributed by atoms with E-state index in [9.17, 15) is 14.4 Å². The molecule has 4 rings (SSSR count). The van der Waals surface area contributed by atoms with Gasteiger partial charge in [0.25, 0.3) is 5.91 Å². The van der Waals surface area contributed by atoms with Gasteiger partial charge >= 0.3 is 6.03 Å². The number of hydrogen-bond donors (Lipinski definition) is 2. The molecule has 0 bridgehead atoms. The molecular weight excluding hydrogens is 590 g/mol. The van der Waals surface area contributed by atoms with Crippen molar-refractivity contribution in [2.24, 2.45) is 0 Å². The molecule has 1 aliphatic heterocycles. The van der Waals surface area contributed by atoms with Crippen LogP contribution < -0.4 is 15.4 Å². The molecule has 0 aliphatic carbocycles. The molecule has 0 aromatic heterocycles. The fourth-order valence-electron chi connectivity index (χ4n) is 3.71. The molecule has 3 aromatic rings. The first-order chi connectivity index (χ1) is 17.2. The third kappa shape index (κ3) is 6.22. The van der Waals surface area contributed by atoms with E-state index in [1.165, 1.54) is 0 Å². The number of carbonyl (C=O) groups excluding carboxylic acids is 3. The number of ether oxygens (including phenoxy) is 1. The molecule has 0 unspecified atom stereocenters. The lowest BCUT2D eigenvalue weighted by molar-refractivity contribution is -0.127. The maximum atomic E-state index is 12.8. The molecule has 0 atom stereocenters. The Morgan fingerprint density at radius 2 is 1.67 bits per heavy atom. The number of imide groups is 1. The lowest BCUT2D eigenvalue weighted by Gasteiger charge is -2.12. The van der Waals surface area contributed by atoms with Gasteiger partial charge < -0.3 is 15.4 Å². The molecule has 1 aliphatic rings. The second-order valence-corrected chi connectivity index (χ2v) is 10.1. The van der Waals surface area contributed by atoms with E-state index in [0.717, 1.165) is 21.6 Å². The van der Waals surface area contributed by atoms with Crippen LogP contribution in [0.1, 0.15) is 22.3 Å². The van der Waals surface area contributed by atoms with E-state index in [1.807, 2.05) is 44.2 Å². The number of nitrogens with zero attached hydrogens (tertiary/aromatic N) is 1. The Balaban J connectivity index is 1.44. The Morgan fingerprint density at radius 1 is 1.00 bits per heavy atom. The van der Waals surface area contributed by atoms with Crippen LogP contribution in [-0.4, -0.2) is 29.3 Å². The number of amides is 4. The van der Waals surface area contributed by atoms with E-state index >= 15 is 0 Å². The summed E-state index contributed by atoms with van der Waals surface area (Å²) in [6.45, 7) is 3.94. The average Bonchev–Trinajstić information content (AvgIpc) is 3.06. The van der Waals surface area contributed by atoms with E-state index in [-0.39, 0.29) is 5.70 Å². The number of urea groups is 1. The van der Waals surface area contributed by atoms with Crippen molar-refractivity contribution in [2.75, 3.05) is 11.9 Å². The minimum Gasteiger partial charge on any atom is -0.487 e. The van der Waals surface area contributed by atoms with Gasteiger partial charge in [0.05, 0.1) is 8.95 Å². The van der Waals surface area contributed by atoms with E-state index in [2.05, 4.69) is 48.6 Å². The zero-order valence-electron chi connectivity index (χ0n) is 19.6. The zero-order valence-corrected chi connectivity index (χ0v) is 22.8. The van der Waals surface area contributed by atoms with Crippen molar-refractivity contribution < 1.29 is 19.1 Å². The SMILES string of the molecule is Cc1cccc(COc2c(Br)cc(/C=C3/NC(=O)N(CC(=O)Nc4cccc(C)c4)C3=O)cc2Br)c1. The van der Waals surface area contributed by atoms with E-state index in [1.54, 1.807) is 30.3 Å². The summed E-state index contributed by atoms with van der Waals surface area (Å²) in [7, 11) is 0. The zero-order chi connectivity index (χ0) is 25.8. The number of nitrogens with one attached hydrogen (secondary N) is 2. The topological polar surface area (TPSA) is 87.7 Å². The van der Waals surface area contributed by atoms with Crippen LogP contribution in [0, 0.1) is 13.8 Å². The lowest BCUT2D eigenvalue weighted by atomic mass is 10.1. The standard InChI is InChI=1S/C27H23Br2N3O4/c1-16-5-3-7-18(9-16)15-36-25-21(28)11-19(12-22(25)29)13-23-26(34)32(27(35)31-23)14-24(33)30-20-8-4-6-17(2)10-20/h3-13H,14-15H2,1-2H3,(H,30,33)(H,31,35)/b23-13+. The van der Waals surface area contributed by atoms with Crippen LogP contribution in [0.2, 0.25) is 0 Å². The molecular formula is C27H23Br2N3O4. The molecule has 2 N–H and O–H groups in total. The number of aryl methyl sites for hydroxylation is 2. The predicted molar refractivity (Wildman–Crippen MR) is 145 cm³/mol. The van der Waals surface area contributed by atoms with Crippen molar-refractivity contribution in [3.8, 4) is 5.75 Å². The van der Waals surface area contributed by atoms with Crippen LogP contribution in [0.3, 0.4) is 0 Å². The molecule has 3 aromatic carbocycles. The Bertz CT molecular complexity index is 1360. The average molecular weight is 613 g/mol. The van der Waals surface area contributed by atoms with Gasteiger partial charge in [-0.2, -0.15) is 0 Å². The first-order valence-electron chi connectivity index (χ1n) is 11.1. The molecule has 1 heterocycles. The molecule has 0 spiro atoms. The second-order valence-electron chi connectivity index (χ2n) is 8.39. The van der Waals surface area contributed by atoms with Gasteiger partial charge in [0.1, 0.15) is 24.6 Å². The molecule has 4 amide bonds. The van der Waals surface area contributed by atoms with E-state index < -0.39 is 24.4 Å². The summed E-state index contributed by atoms with van der Waals surface area (Å²) in [5, 5.41) is 5.25. The molecule has 1 fully saturated rings. The predicted octanol–water partition coefficient (Wildman–Crippen LogP) is 5.94. The van der Waals surface area contributed by atoms with Crippen molar-refractivity contribution >= 4 is 61.5 Å². The minimum absolute atomic E-state index is 0.0792. The first kappa shape index (κ1) is 25.7. The van der Waals surface area contributed by atoms with Crippen LogP contribution in [0.25, 0.3) is 6.08 Å². The maximum absolute atomic E-state index is 12.8.